The fourth-order valence-corrected chi connectivity index (χ4v) is 2.50. The highest BCUT2D eigenvalue weighted by Crippen LogP contribution is 2.26. The van der Waals surface area contributed by atoms with Crippen LogP contribution in [-0.4, -0.2) is 6.54 Å². The summed E-state index contributed by atoms with van der Waals surface area (Å²) in [5.74, 6) is -0.381. The van der Waals surface area contributed by atoms with Crippen LogP contribution in [0.25, 0.3) is 11.1 Å². The maximum absolute atomic E-state index is 13.6. The Morgan fingerprint density at radius 2 is 1.95 bits per heavy atom. The lowest BCUT2D eigenvalue weighted by atomic mass is 9.97. The van der Waals surface area contributed by atoms with Crippen molar-refractivity contribution in [2.24, 2.45) is 0 Å². The van der Waals surface area contributed by atoms with E-state index in [4.69, 9.17) is 5.26 Å². The first-order chi connectivity index (χ1) is 10.2. The van der Waals surface area contributed by atoms with E-state index in [0.29, 0.717) is 11.6 Å². The van der Waals surface area contributed by atoms with Crippen LogP contribution in [0.1, 0.15) is 37.4 Å². The van der Waals surface area contributed by atoms with Crippen LogP contribution in [-0.2, 0) is 0 Å². The monoisotopic (exact) mass is 282 g/mol. The fourth-order valence-electron chi connectivity index (χ4n) is 2.50. The van der Waals surface area contributed by atoms with Crippen LogP contribution < -0.4 is 5.32 Å². The van der Waals surface area contributed by atoms with Crippen molar-refractivity contribution < 1.29 is 4.39 Å². The molecule has 0 spiro atoms. The average molecular weight is 282 g/mol. The van der Waals surface area contributed by atoms with Gasteiger partial charge in [0.15, 0.2) is 0 Å². The summed E-state index contributed by atoms with van der Waals surface area (Å²) in [7, 11) is 0. The molecule has 0 amide bonds. The van der Waals surface area contributed by atoms with Gasteiger partial charge in [-0.1, -0.05) is 32.0 Å². The van der Waals surface area contributed by atoms with Crippen molar-refractivity contribution in [2.45, 2.75) is 26.3 Å². The van der Waals surface area contributed by atoms with E-state index in [0.717, 1.165) is 24.1 Å². The molecule has 1 unspecified atom stereocenters. The number of halogens is 1. The molecule has 0 saturated heterocycles. The lowest BCUT2D eigenvalue weighted by molar-refractivity contribution is 0.537. The molecule has 0 heterocycles. The molecule has 2 aromatic rings. The highest BCUT2D eigenvalue weighted by Gasteiger charge is 2.09. The molecule has 1 N–H and O–H groups in total. The predicted octanol–water partition coefficient (Wildman–Crippen LogP) is 4.42. The van der Waals surface area contributed by atoms with Gasteiger partial charge in [-0.05, 0) is 53.9 Å². The number of hydrogen-bond donors (Lipinski definition) is 1. The number of benzene rings is 2. The largest absolute Gasteiger partial charge is 0.310 e. The molecule has 2 rings (SSSR count). The molecule has 1 atom stereocenters. The summed E-state index contributed by atoms with van der Waals surface area (Å²) in [5, 5.41) is 12.4. The topological polar surface area (TPSA) is 35.8 Å². The third kappa shape index (κ3) is 3.68. The zero-order chi connectivity index (χ0) is 15.2. The van der Waals surface area contributed by atoms with E-state index in [2.05, 4.69) is 31.3 Å². The van der Waals surface area contributed by atoms with Crippen molar-refractivity contribution in [3.63, 3.8) is 0 Å². The molecule has 21 heavy (non-hydrogen) atoms. The average Bonchev–Trinajstić information content (AvgIpc) is 2.52. The Bertz CT molecular complexity index is 659. The lowest BCUT2D eigenvalue weighted by Gasteiger charge is -2.17. The molecular formula is C18H19FN2. The quantitative estimate of drug-likeness (QED) is 0.881. The van der Waals surface area contributed by atoms with Gasteiger partial charge in [-0.3, -0.25) is 0 Å². The molecule has 0 radical (unpaired) electrons. The Labute approximate surface area is 125 Å². The minimum Gasteiger partial charge on any atom is -0.310 e. The van der Waals surface area contributed by atoms with E-state index in [1.165, 1.54) is 17.7 Å². The van der Waals surface area contributed by atoms with E-state index in [1.54, 1.807) is 6.07 Å². The van der Waals surface area contributed by atoms with Gasteiger partial charge < -0.3 is 5.32 Å². The van der Waals surface area contributed by atoms with Crippen LogP contribution in [0.5, 0.6) is 0 Å². The summed E-state index contributed by atoms with van der Waals surface area (Å²) < 4.78 is 13.6. The van der Waals surface area contributed by atoms with E-state index >= 15 is 0 Å². The summed E-state index contributed by atoms with van der Waals surface area (Å²) in [6.07, 6.45) is 0.990. The van der Waals surface area contributed by atoms with Crippen LogP contribution in [0.4, 0.5) is 4.39 Å². The van der Waals surface area contributed by atoms with E-state index in [1.807, 2.05) is 18.2 Å². The first kappa shape index (κ1) is 15.2. The molecule has 0 aliphatic carbocycles. The maximum atomic E-state index is 13.6. The molecule has 2 nitrogen and oxygen atoms in total. The van der Waals surface area contributed by atoms with Crippen LogP contribution in [0.2, 0.25) is 0 Å². The second-order valence-electron chi connectivity index (χ2n) is 4.98. The third-order valence-electron chi connectivity index (χ3n) is 3.51. The summed E-state index contributed by atoms with van der Waals surface area (Å²) in [4.78, 5) is 0. The first-order valence-corrected chi connectivity index (χ1v) is 7.22. The van der Waals surface area contributed by atoms with E-state index in [-0.39, 0.29) is 5.82 Å². The van der Waals surface area contributed by atoms with Gasteiger partial charge >= 0.3 is 0 Å². The van der Waals surface area contributed by atoms with Gasteiger partial charge in [0, 0.05) is 6.04 Å². The molecule has 0 aromatic heterocycles. The second-order valence-corrected chi connectivity index (χ2v) is 4.98. The van der Waals surface area contributed by atoms with Gasteiger partial charge in [-0.25, -0.2) is 4.39 Å². The number of nitrogens with zero attached hydrogens (tertiary/aromatic N) is 1. The maximum Gasteiger partial charge on any atom is 0.125 e. The fraction of sp³-hybridized carbons (Fsp3) is 0.278. The Morgan fingerprint density at radius 3 is 2.62 bits per heavy atom. The molecule has 0 aliphatic rings. The van der Waals surface area contributed by atoms with E-state index < -0.39 is 0 Å². The van der Waals surface area contributed by atoms with Gasteiger partial charge in [0.1, 0.15) is 5.82 Å². The zero-order valence-electron chi connectivity index (χ0n) is 12.4. The molecule has 2 aromatic carbocycles. The lowest BCUT2D eigenvalue weighted by Crippen LogP contribution is -2.19. The predicted molar refractivity (Wildman–Crippen MR) is 83.3 cm³/mol. The van der Waals surface area contributed by atoms with Crippen molar-refractivity contribution in [3.05, 3.63) is 59.4 Å². The normalized spacial score (nSPS) is 11.9. The third-order valence-corrected chi connectivity index (χ3v) is 3.51. The Hall–Kier alpha value is -2.18. The zero-order valence-corrected chi connectivity index (χ0v) is 12.4. The smallest absolute Gasteiger partial charge is 0.125 e. The van der Waals surface area contributed by atoms with Gasteiger partial charge in [0.05, 0.1) is 11.6 Å². The standard InChI is InChI=1S/C18H19FN2/c1-3-18(21-4-2)15-7-5-6-14(10-15)16-8-13(12-20)9-17(19)11-16/h5-11,18,21H,3-4H2,1-2H3. The van der Waals surface area contributed by atoms with Gasteiger partial charge in [-0.2, -0.15) is 5.26 Å². The highest BCUT2D eigenvalue weighted by molar-refractivity contribution is 5.66. The van der Waals surface area contributed by atoms with Crippen molar-refractivity contribution in [3.8, 4) is 17.2 Å². The van der Waals surface area contributed by atoms with E-state index in [9.17, 15) is 4.39 Å². The second kappa shape index (κ2) is 7.01. The molecule has 0 saturated carbocycles. The number of nitrogens with one attached hydrogen (secondary N) is 1. The van der Waals surface area contributed by atoms with Crippen LogP contribution in [0.15, 0.2) is 42.5 Å². The summed E-state index contributed by atoms with van der Waals surface area (Å²) in [6.45, 7) is 5.12. The van der Waals surface area contributed by atoms with Crippen molar-refractivity contribution >= 4 is 0 Å². The molecular weight excluding hydrogens is 263 g/mol. The minimum absolute atomic E-state index is 0.291. The molecule has 0 aliphatic heterocycles. The van der Waals surface area contributed by atoms with Gasteiger partial charge in [0.25, 0.3) is 0 Å². The van der Waals surface area contributed by atoms with Crippen molar-refractivity contribution in [1.82, 2.24) is 5.32 Å². The Balaban J connectivity index is 2.41. The SMILES string of the molecule is CCNC(CC)c1cccc(-c2cc(F)cc(C#N)c2)c1. The summed E-state index contributed by atoms with van der Waals surface area (Å²) in [6, 6.07) is 14.8. The van der Waals surface area contributed by atoms with Crippen LogP contribution in [0, 0.1) is 17.1 Å². The Kier molecular flexibility index (Phi) is 5.08. The molecule has 3 heteroatoms. The van der Waals surface area contributed by atoms with Crippen molar-refractivity contribution in [1.29, 1.82) is 5.26 Å². The number of hydrogen-bond acceptors (Lipinski definition) is 2. The molecule has 0 bridgehead atoms. The highest BCUT2D eigenvalue weighted by atomic mass is 19.1. The first-order valence-electron chi connectivity index (χ1n) is 7.22. The summed E-state index contributed by atoms with van der Waals surface area (Å²) in [5.41, 5.74) is 3.19. The van der Waals surface area contributed by atoms with Crippen LogP contribution in [0.3, 0.4) is 0 Å². The van der Waals surface area contributed by atoms with Gasteiger partial charge in [0.2, 0.25) is 0 Å². The molecule has 108 valence electrons. The number of nitriles is 1. The Morgan fingerprint density at radius 1 is 1.14 bits per heavy atom. The van der Waals surface area contributed by atoms with Gasteiger partial charge in [-0.15, -0.1) is 0 Å². The minimum atomic E-state index is -0.381. The van der Waals surface area contributed by atoms with Crippen LogP contribution >= 0.6 is 0 Å². The van der Waals surface area contributed by atoms with Crippen molar-refractivity contribution in [2.75, 3.05) is 6.54 Å². The number of rotatable bonds is 5. The summed E-state index contributed by atoms with van der Waals surface area (Å²) >= 11 is 0. The molecule has 0 fully saturated rings.